The molecule has 0 aliphatic carbocycles. The Morgan fingerprint density at radius 3 is 2.41 bits per heavy atom. The van der Waals surface area contributed by atoms with Crippen LogP contribution < -0.4 is 21.7 Å². The number of alkyl carbamates (subject to hydrolysis) is 1. The predicted molar refractivity (Wildman–Crippen MR) is 123 cm³/mol. The summed E-state index contributed by atoms with van der Waals surface area (Å²) in [5.74, 6) is -1.14. The van der Waals surface area contributed by atoms with Crippen molar-refractivity contribution in [3.05, 3.63) is 35.9 Å². The third-order valence-corrected chi connectivity index (χ3v) is 5.59. The van der Waals surface area contributed by atoms with E-state index in [0.29, 0.717) is 39.0 Å². The van der Waals surface area contributed by atoms with Gasteiger partial charge in [-0.25, -0.2) is 9.59 Å². The Hall–Kier alpha value is -3.34. The van der Waals surface area contributed by atoms with Crippen molar-refractivity contribution in [3.8, 4) is 0 Å². The summed E-state index contributed by atoms with van der Waals surface area (Å²) >= 11 is 0. The van der Waals surface area contributed by atoms with Crippen LogP contribution in [-0.2, 0) is 25.7 Å². The summed E-state index contributed by atoms with van der Waals surface area (Å²) in [5.41, 5.74) is 6.31. The molecule has 1 aliphatic heterocycles. The quantitative estimate of drug-likeness (QED) is 0.268. The standard InChI is InChI=1S/C23H34N4O7/c24-20(28)18(8-4-5-11-25-23(32)34-15-17-6-2-1-3-7-17)26-21(29)19(27-22(30)31)14-16-9-12-33-13-10-16/h1-3,6-7,16,18-19,27H,4-5,8-15H2,(H2,24,28)(H,25,32)(H,26,29)(H,30,31)/t18-,19-/m0/s1. The van der Waals surface area contributed by atoms with E-state index in [-0.39, 0.29) is 18.9 Å². The van der Waals surface area contributed by atoms with Crippen LogP contribution >= 0.6 is 0 Å². The number of carbonyl (C=O) groups excluding carboxylic acids is 3. The average molecular weight is 479 g/mol. The highest BCUT2D eigenvalue weighted by Crippen LogP contribution is 2.20. The van der Waals surface area contributed by atoms with E-state index in [0.717, 1.165) is 18.4 Å². The van der Waals surface area contributed by atoms with Crippen LogP contribution in [0.1, 0.15) is 44.1 Å². The van der Waals surface area contributed by atoms with Crippen LogP contribution in [0.4, 0.5) is 9.59 Å². The van der Waals surface area contributed by atoms with Gasteiger partial charge in [0.05, 0.1) is 0 Å². The summed E-state index contributed by atoms with van der Waals surface area (Å²) in [4.78, 5) is 47.4. The molecule has 2 atom stereocenters. The van der Waals surface area contributed by atoms with Gasteiger partial charge in [-0.15, -0.1) is 0 Å². The summed E-state index contributed by atoms with van der Waals surface area (Å²) < 4.78 is 10.4. The van der Waals surface area contributed by atoms with Gasteiger partial charge in [-0.2, -0.15) is 0 Å². The van der Waals surface area contributed by atoms with Crippen LogP contribution in [0.25, 0.3) is 0 Å². The zero-order valence-corrected chi connectivity index (χ0v) is 19.2. The lowest BCUT2D eigenvalue weighted by atomic mass is 9.92. The Kier molecular flexibility index (Phi) is 11.7. The highest BCUT2D eigenvalue weighted by atomic mass is 16.5. The van der Waals surface area contributed by atoms with Crippen LogP contribution in [0.2, 0.25) is 0 Å². The Bertz CT molecular complexity index is 800. The normalized spacial score (nSPS) is 15.5. The number of carboxylic acid groups (broad SMARTS) is 1. The predicted octanol–water partition coefficient (Wildman–Crippen LogP) is 1.51. The number of nitrogens with two attached hydrogens (primary N) is 1. The second-order valence-corrected chi connectivity index (χ2v) is 8.24. The van der Waals surface area contributed by atoms with E-state index in [1.165, 1.54) is 0 Å². The molecule has 0 unspecified atom stereocenters. The lowest BCUT2D eigenvalue weighted by Crippen LogP contribution is -2.53. The van der Waals surface area contributed by atoms with Crippen molar-refractivity contribution >= 4 is 24.0 Å². The monoisotopic (exact) mass is 478 g/mol. The second-order valence-electron chi connectivity index (χ2n) is 8.24. The van der Waals surface area contributed by atoms with E-state index in [4.69, 9.17) is 20.3 Å². The summed E-state index contributed by atoms with van der Waals surface area (Å²) in [7, 11) is 0. The molecule has 0 radical (unpaired) electrons. The van der Waals surface area contributed by atoms with Crippen LogP contribution in [0, 0.1) is 5.92 Å². The zero-order chi connectivity index (χ0) is 24.8. The minimum atomic E-state index is -1.31. The number of carbonyl (C=O) groups is 4. The van der Waals surface area contributed by atoms with E-state index < -0.39 is 36.1 Å². The third kappa shape index (κ3) is 10.5. The molecule has 1 saturated heterocycles. The molecule has 34 heavy (non-hydrogen) atoms. The molecule has 2 rings (SSSR count). The van der Waals surface area contributed by atoms with E-state index in [9.17, 15) is 19.2 Å². The van der Waals surface area contributed by atoms with Crippen LogP contribution in [0.3, 0.4) is 0 Å². The lowest BCUT2D eigenvalue weighted by Gasteiger charge is -2.27. The van der Waals surface area contributed by atoms with Gasteiger partial charge >= 0.3 is 12.2 Å². The fraction of sp³-hybridized carbons (Fsp3) is 0.565. The smallest absolute Gasteiger partial charge is 0.407 e. The van der Waals surface area contributed by atoms with Crippen molar-refractivity contribution in [1.29, 1.82) is 0 Å². The fourth-order valence-corrected chi connectivity index (χ4v) is 3.69. The van der Waals surface area contributed by atoms with Gasteiger partial charge in [0.15, 0.2) is 0 Å². The first-order chi connectivity index (χ1) is 16.3. The van der Waals surface area contributed by atoms with Crippen molar-refractivity contribution in [3.63, 3.8) is 0 Å². The molecule has 188 valence electrons. The zero-order valence-electron chi connectivity index (χ0n) is 19.2. The number of unbranched alkanes of at least 4 members (excludes halogenated alkanes) is 1. The molecule has 0 saturated carbocycles. The van der Waals surface area contributed by atoms with E-state index in [1.54, 1.807) is 0 Å². The molecule has 1 aromatic rings. The van der Waals surface area contributed by atoms with Crippen molar-refractivity contribution < 1.29 is 33.8 Å². The maximum atomic E-state index is 12.7. The molecule has 0 bridgehead atoms. The van der Waals surface area contributed by atoms with E-state index >= 15 is 0 Å². The molecule has 0 spiro atoms. The number of nitrogens with one attached hydrogen (secondary N) is 3. The molecule has 11 heteroatoms. The van der Waals surface area contributed by atoms with Crippen LogP contribution in [0.15, 0.2) is 30.3 Å². The third-order valence-electron chi connectivity index (χ3n) is 5.59. The van der Waals surface area contributed by atoms with Gasteiger partial charge in [0.25, 0.3) is 0 Å². The molecule has 6 N–H and O–H groups in total. The maximum absolute atomic E-state index is 12.7. The maximum Gasteiger partial charge on any atom is 0.407 e. The molecular weight excluding hydrogens is 444 g/mol. The van der Waals surface area contributed by atoms with Crippen LogP contribution in [0.5, 0.6) is 0 Å². The summed E-state index contributed by atoms with van der Waals surface area (Å²) in [6.45, 7) is 1.65. The van der Waals surface area contributed by atoms with Gasteiger partial charge in [-0.1, -0.05) is 30.3 Å². The van der Waals surface area contributed by atoms with Gasteiger partial charge < -0.3 is 36.3 Å². The van der Waals surface area contributed by atoms with Gasteiger partial charge in [-0.3, -0.25) is 9.59 Å². The number of hydrogen-bond donors (Lipinski definition) is 5. The highest BCUT2D eigenvalue weighted by molar-refractivity contribution is 5.90. The number of benzene rings is 1. The summed E-state index contributed by atoms with van der Waals surface area (Å²) in [6.07, 6.45) is 1.26. The van der Waals surface area contributed by atoms with Gasteiger partial charge in [0.2, 0.25) is 11.8 Å². The molecule has 1 heterocycles. The number of amides is 4. The highest BCUT2D eigenvalue weighted by Gasteiger charge is 2.28. The van der Waals surface area contributed by atoms with Gasteiger partial charge in [-0.05, 0) is 50.0 Å². The minimum absolute atomic E-state index is 0.149. The Morgan fingerprint density at radius 1 is 1.06 bits per heavy atom. The van der Waals surface area contributed by atoms with Gasteiger partial charge in [0.1, 0.15) is 18.7 Å². The Balaban J connectivity index is 1.72. The molecule has 1 fully saturated rings. The Morgan fingerprint density at radius 2 is 1.76 bits per heavy atom. The lowest BCUT2D eigenvalue weighted by molar-refractivity contribution is -0.129. The SMILES string of the molecule is NC(=O)[C@H](CCCCNC(=O)OCc1ccccc1)NC(=O)[C@H](CC1CCOCC1)NC(=O)O. The first-order valence-electron chi connectivity index (χ1n) is 11.5. The molecule has 1 aliphatic rings. The fourth-order valence-electron chi connectivity index (χ4n) is 3.69. The average Bonchev–Trinajstić information content (AvgIpc) is 2.82. The number of hydrogen-bond acceptors (Lipinski definition) is 6. The topological polar surface area (TPSA) is 169 Å². The van der Waals surface area contributed by atoms with Crippen molar-refractivity contribution in [2.75, 3.05) is 19.8 Å². The van der Waals surface area contributed by atoms with E-state index in [1.807, 2.05) is 30.3 Å². The molecule has 11 nitrogen and oxygen atoms in total. The van der Waals surface area contributed by atoms with Crippen molar-refractivity contribution in [2.24, 2.45) is 11.7 Å². The molecule has 1 aromatic carbocycles. The summed E-state index contributed by atoms with van der Waals surface area (Å²) in [6, 6.07) is 7.37. The Labute approximate surface area is 198 Å². The number of ether oxygens (including phenoxy) is 2. The van der Waals surface area contributed by atoms with Crippen molar-refractivity contribution in [2.45, 2.75) is 57.2 Å². The minimum Gasteiger partial charge on any atom is -0.465 e. The molecule has 0 aromatic heterocycles. The first kappa shape index (κ1) is 26.9. The number of primary amides is 1. The van der Waals surface area contributed by atoms with Crippen molar-refractivity contribution in [1.82, 2.24) is 16.0 Å². The molecule has 4 amide bonds. The number of rotatable bonds is 13. The first-order valence-corrected chi connectivity index (χ1v) is 11.5. The summed E-state index contributed by atoms with van der Waals surface area (Å²) in [5, 5.41) is 16.5. The largest absolute Gasteiger partial charge is 0.465 e. The van der Waals surface area contributed by atoms with Gasteiger partial charge in [0, 0.05) is 19.8 Å². The second kappa shape index (κ2) is 14.7. The molecular formula is C23H34N4O7. The van der Waals surface area contributed by atoms with Crippen LogP contribution in [-0.4, -0.2) is 60.9 Å². The van der Waals surface area contributed by atoms with E-state index in [2.05, 4.69) is 16.0 Å².